The van der Waals surface area contributed by atoms with Crippen molar-refractivity contribution < 1.29 is 18.9 Å². The van der Waals surface area contributed by atoms with Crippen molar-refractivity contribution >= 4 is 28.9 Å². The molecule has 3 aliphatic rings. The van der Waals surface area contributed by atoms with Crippen LogP contribution in [0, 0.1) is 11.8 Å². The summed E-state index contributed by atoms with van der Waals surface area (Å²) in [6.45, 7) is 10.4. The molecule has 1 aliphatic carbocycles. The van der Waals surface area contributed by atoms with Crippen LogP contribution in [0.4, 0.5) is 0 Å². The Labute approximate surface area is 190 Å². The third-order valence-electron chi connectivity index (χ3n) is 6.70. The molecule has 11 heteroatoms. The predicted octanol–water partition coefficient (Wildman–Crippen LogP) is 2.94. The van der Waals surface area contributed by atoms with Gasteiger partial charge in [-0.05, 0) is 50.8 Å². The number of H-pyrrole nitrogens is 1. The highest BCUT2D eigenvalue weighted by molar-refractivity contribution is 8.68. The minimum Gasteiger partial charge on any atom is -0.388 e. The van der Waals surface area contributed by atoms with Crippen molar-refractivity contribution in [3.63, 3.8) is 0 Å². The monoisotopic (exact) mass is 488 g/mol. The van der Waals surface area contributed by atoms with Crippen molar-refractivity contribution in [2.75, 3.05) is 6.61 Å². The Bertz CT molecular complexity index is 1030. The van der Waals surface area contributed by atoms with Crippen LogP contribution < -0.4 is 11.2 Å². The number of nitrogens with one attached hydrogen (secondary N) is 1. The Kier molecular flexibility index (Phi) is 6.46. The van der Waals surface area contributed by atoms with Crippen molar-refractivity contribution in [3.8, 4) is 0 Å². The number of rotatable bonds is 5. The van der Waals surface area contributed by atoms with Crippen molar-refractivity contribution in [2.24, 2.45) is 11.8 Å². The normalized spacial score (nSPS) is 42.5. The Balaban J connectivity index is 1.42. The van der Waals surface area contributed by atoms with Crippen molar-refractivity contribution in [1.82, 2.24) is 9.55 Å². The molecule has 4 rings (SSSR count). The second-order valence-corrected chi connectivity index (χ2v) is 15.6. The zero-order chi connectivity index (χ0) is 22.6. The van der Waals surface area contributed by atoms with Crippen LogP contribution in [-0.4, -0.2) is 44.3 Å². The van der Waals surface area contributed by atoms with E-state index in [1.54, 1.807) is 11.4 Å². The quantitative estimate of drug-likeness (QED) is 0.482. The molecule has 3 fully saturated rings. The number of ether oxygens (including phenoxy) is 1. The summed E-state index contributed by atoms with van der Waals surface area (Å²) in [4.78, 5) is 25.6. The molecule has 8 nitrogen and oxygen atoms in total. The lowest BCUT2D eigenvalue weighted by Crippen LogP contribution is -2.39. The SMILES string of the molecule is C=C(C)[C@H]1CC[C@@]2(C)S[P@](=S)(OC[C@H]3O[C@@H](n4ccc(=O)[nH]c4=O)[C@H](O)[C@@H]3C)O[C@@H]2C1. The minimum absolute atomic E-state index is 0.0405. The average Bonchev–Trinajstić information content (AvgIpc) is 3.12. The van der Waals surface area contributed by atoms with Gasteiger partial charge in [-0.2, -0.15) is 0 Å². The molecule has 3 heterocycles. The van der Waals surface area contributed by atoms with E-state index in [1.165, 1.54) is 22.4 Å². The maximum absolute atomic E-state index is 12.1. The summed E-state index contributed by atoms with van der Waals surface area (Å²) in [5, 5.41) is 10.6. The van der Waals surface area contributed by atoms with Crippen LogP contribution in [0.3, 0.4) is 0 Å². The molecule has 1 aromatic rings. The van der Waals surface area contributed by atoms with Gasteiger partial charge in [0.15, 0.2) is 6.23 Å². The number of aliphatic hydroxyl groups is 1. The Morgan fingerprint density at radius 3 is 2.97 bits per heavy atom. The number of fused-ring (bicyclic) bond motifs is 1. The molecule has 0 aromatic carbocycles. The first kappa shape index (κ1) is 23.4. The van der Waals surface area contributed by atoms with Crippen molar-refractivity contribution in [3.05, 3.63) is 45.3 Å². The Morgan fingerprint density at radius 1 is 1.55 bits per heavy atom. The number of nitrogens with zero attached hydrogens (tertiary/aromatic N) is 1. The fourth-order valence-electron chi connectivity index (χ4n) is 4.52. The van der Waals surface area contributed by atoms with E-state index in [1.807, 2.05) is 6.92 Å². The molecule has 1 aromatic heterocycles. The van der Waals surface area contributed by atoms with E-state index in [0.717, 1.165) is 19.3 Å². The zero-order valence-electron chi connectivity index (χ0n) is 17.9. The summed E-state index contributed by atoms with van der Waals surface area (Å²) in [6, 6.07) is 1.22. The van der Waals surface area contributed by atoms with E-state index in [0.29, 0.717) is 5.92 Å². The summed E-state index contributed by atoms with van der Waals surface area (Å²) >= 11 is 7.45. The summed E-state index contributed by atoms with van der Waals surface area (Å²) in [5.41, 5.74) is -2.51. The molecule has 8 atom stereocenters. The highest BCUT2D eigenvalue weighted by Gasteiger charge is 2.54. The first-order chi connectivity index (χ1) is 14.5. The molecule has 0 unspecified atom stereocenters. The first-order valence-corrected chi connectivity index (χ1v) is 14.5. The molecule has 31 heavy (non-hydrogen) atoms. The second kappa shape index (κ2) is 8.56. The van der Waals surface area contributed by atoms with E-state index in [-0.39, 0.29) is 23.4 Å². The number of aliphatic hydroxyl groups excluding tert-OH is 1. The molecule has 0 radical (unpaired) electrons. The number of hydrogen-bond acceptors (Lipinski definition) is 8. The fraction of sp³-hybridized carbons (Fsp3) is 0.700. The third-order valence-corrected chi connectivity index (χ3v) is 12.5. The fourth-order valence-corrected chi connectivity index (χ4v) is 11.7. The summed E-state index contributed by atoms with van der Waals surface area (Å²) in [5.74, 6) is 0.161. The molecule has 0 bridgehead atoms. The van der Waals surface area contributed by atoms with E-state index in [4.69, 9.17) is 25.6 Å². The average molecular weight is 489 g/mol. The number of aromatic nitrogens is 2. The van der Waals surface area contributed by atoms with Crippen LogP contribution in [0.25, 0.3) is 0 Å². The van der Waals surface area contributed by atoms with Crippen LogP contribution in [0.15, 0.2) is 34.0 Å². The van der Waals surface area contributed by atoms with Crippen LogP contribution in [-0.2, 0) is 25.6 Å². The summed E-state index contributed by atoms with van der Waals surface area (Å²) in [7, 11) is 0. The van der Waals surface area contributed by atoms with E-state index >= 15 is 0 Å². The van der Waals surface area contributed by atoms with Crippen LogP contribution in [0.5, 0.6) is 0 Å². The Morgan fingerprint density at radius 2 is 2.29 bits per heavy atom. The first-order valence-electron chi connectivity index (χ1n) is 10.5. The van der Waals surface area contributed by atoms with Gasteiger partial charge in [-0.3, -0.25) is 14.3 Å². The highest BCUT2D eigenvalue weighted by atomic mass is 32.9. The van der Waals surface area contributed by atoms with Gasteiger partial charge in [0.2, 0.25) is 5.69 Å². The van der Waals surface area contributed by atoms with Gasteiger partial charge in [0.05, 0.1) is 18.8 Å². The van der Waals surface area contributed by atoms with Gasteiger partial charge in [-0.25, -0.2) is 4.79 Å². The van der Waals surface area contributed by atoms with Crippen LogP contribution in [0.2, 0.25) is 0 Å². The maximum Gasteiger partial charge on any atom is 0.330 e. The predicted molar refractivity (Wildman–Crippen MR) is 124 cm³/mol. The molecule has 2 N–H and O–H groups in total. The molecule has 2 saturated heterocycles. The van der Waals surface area contributed by atoms with Crippen LogP contribution >= 0.6 is 17.1 Å². The molecular formula is C20H29N2O6PS2. The lowest BCUT2D eigenvalue weighted by atomic mass is 9.77. The zero-order valence-corrected chi connectivity index (χ0v) is 20.4. The third kappa shape index (κ3) is 4.53. The topological polar surface area (TPSA) is 103 Å². The highest BCUT2D eigenvalue weighted by Crippen LogP contribution is 2.75. The molecule has 1 saturated carbocycles. The van der Waals surface area contributed by atoms with Gasteiger partial charge < -0.3 is 18.9 Å². The lowest BCUT2D eigenvalue weighted by molar-refractivity contribution is -0.0508. The maximum atomic E-state index is 12.1. The minimum atomic E-state index is -2.56. The van der Waals surface area contributed by atoms with Gasteiger partial charge in [0, 0.05) is 22.9 Å². The molecule has 0 amide bonds. The second-order valence-electron chi connectivity index (χ2n) is 8.99. The number of allylic oxidation sites excluding steroid dienone is 1. The molecular weight excluding hydrogens is 459 g/mol. The molecule has 2 aliphatic heterocycles. The number of hydrogen-bond donors (Lipinski definition) is 2. The molecule has 172 valence electrons. The van der Waals surface area contributed by atoms with E-state index < -0.39 is 35.4 Å². The number of aromatic amines is 1. The molecule has 0 spiro atoms. The van der Waals surface area contributed by atoms with Gasteiger partial charge in [0.1, 0.15) is 6.10 Å². The van der Waals surface area contributed by atoms with Gasteiger partial charge >= 0.3 is 5.69 Å². The Hall–Kier alpha value is -0.740. The summed E-state index contributed by atoms with van der Waals surface area (Å²) < 4.78 is 19.5. The smallest absolute Gasteiger partial charge is 0.330 e. The standard InChI is InChI=1S/C20H29N2O6PS2/c1-11(2)13-5-7-20(4)15(9-13)28-29(30,31-20)26-10-14-12(3)17(24)18(27-14)22-8-6-16(23)21-19(22)25/h6,8,12-15,17-18,24H,1,5,7,9-10H2,2-4H3,(H,21,23,25)/t12-,13+,14-,15-,17-,18-,20-,29-/m1/s1. The lowest BCUT2D eigenvalue weighted by Gasteiger charge is -2.37. The van der Waals surface area contributed by atoms with E-state index in [9.17, 15) is 14.7 Å². The van der Waals surface area contributed by atoms with Crippen molar-refractivity contribution in [2.45, 2.75) is 69.3 Å². The largest absolute Gasteiger partial charge is 0.388 e. The van der Waals surface area contributed by atoms with Gasteiger partial charge in [-0.15, -0.1) is 0 Å². The van der Waals surface area contributed by atoms with E-state index in [2.05, 4.69) is 25.4 Å². The van der Waals surface area contributed by atoms with Gasteiger partial charge in [-0.1, -0.05) is 30.5 Å². The van der Waals surface area contributed by atoms with Crippen molar-refractivity contribution in [1.29, 1.82) is 0 Å². The van der Waals surface area contributed by atoms with Crippen LogP contribution in [0.1, 0.15) is 46.3 Å². The summed E-state index contributed by atoms with van der Waals surface area (Å²) in [6.07, 6.45) is 2.08. The van der Waals surface area contributed by atoms with Gasteiger partial charge in [0.25, 0.3) is 5.56 Å².